The van der Waals surface area contributed by atoms with Gasteiger partial charge in [-0.2, -0.15) is 0 Å². The van der Waals surface area contributed by atoms with Crippen molar-refractivity contribution in [2.75, 3.05) is 12.4 Å². The third kappa shape index (κ3) is 3.78. The molecule has 0 radical (unpaired) electrons. The summed E-state index contributed by atoms with van der Waals surface area (Å²) in [4.78, 5) is 19.1. The number of nitrogens with zero attached hydrogens (tertiary/aromatic N) is 3. The number of imidazole rings is 1. The van der Waals surface area contributed by atoms with Crippen LogP contribution in [0.4, 0.5) is 5.95 Å². The minimum atomic E-state index is -0.137. The Morgan fingerprint density at radius 1 is 1.19 bits per heavy atom. The van der Waals surface area contributed by atoms with Crippen LogP contribution in [0, 0.1) is 0 Å². The summed E-state index contributed by atoms with van der Waals surface area (Å²) in [7, 11) is 4.02. The Balaban J connectivity index is 1.42. The number of aromatic nitrogens is 2. The summed E-state index contributed by atoms with van der Waals surface area (Å²) in [5.41, 5.74) is 4.70. The standard InChI is InChI=1S/C22H24N4O/c1-25-11-10-23-22(25)24-21(27)19-9-5-6-16(12-19)15-26(2)20-13-17-7-3-4-8-18(17)14-20/h3-12,20H,13-15H2,1-2H3,(H,23,24,27). The normalized spacial score (nSPS) is 13.7. The average molecular weight is 360 g/mol. The van der Waals surface area contributed by atoms with Gasteiger partial charge in [-0.1, -0.05) is 36.4 Å². The molecule has 1 heterocycles. The quantitative estimate of drug-likeness (QED) is 0.760. The highest BCUT2D eigenvalue weighted by Gasteiger charge is 2.24. The molecule has 0 fully saturated rings. The molecule has 1 N–H and O–H groups in total. The third-order valence-electron chi connectivity index (χ3n) is 5.32. The van der Waals surface area contributed by atoms with Crippen molar-refractivity contribution in [3.05, 3.63) is 83.2 Å². The first-order chi connectivity index (χ1) is 13.1. The van der Waals surface area contributed by atoms with Gasteiger partial charge in [0.1, 0.15) is 0 Å². The highest BCUT2D eigenvalue weighted by molar-refractivity contribution is 6.03. The van der Waals surface area contributed by atoms with Crippen LogP contribution in [0.15, 0.2) is 60.9 Å². The molecule has 1 aliphatic rings. The van der Waals surface area contributed by atoms with E-state index in [9.17, 15) is 4.79 Å². The van der Waals surface area contributed by atoms with E-state index in [0.29, 0.717) is 17.6 Å². The number of anilines is 1. The van der Waals surface area contributed by atoms with E-state index in [1.54, 1.807) is 17.0 Å². The van der Waals surface area contributed by atoms with Crippen LogP contribution in [0.1, 0.15) is 27.0 Å². The summed E-state index contributed by atoms with van der Waals surface area (Å²) in [6.07, 6.45) is 5.65. The zero-order valence-electron chi connectivity index (χ0n) is 15.7. The molecule has 0 saturated heterocycles. The van der Waals surface area contributed by atoms with Crippen molar-refractivity contribution in [2.24, 2.45) is 7.05 Å². The number of carbonyl (C=O) groups is 1. The fourth-order valence-electron chi connectivity index (χ4n) is 3.74. The molecule has 27 heavy (non-hydrogen) atoms. The Labute approximate surface area is 159 Å². The minimum Gasteiger partial charge on any atom is -0.320 e. The molecule has 2 aromatic carbocycles. The second-order valence-electron chi connectivity index (χ2n) is 7.26. The number of rotatable bonds is 5. The molecule has 4 rings (SSSR count). The summed E-state index contributed by atoms with van der Waals surface area (Å²) in [6, 6.07) is 17.0. The molecule has 0 spiro atoms. The number of likely N-dealkylation sites (N-methyl/N-ethyl adjacent to an activating group) is 1. The molecule has 1 amide bonds. The zero-order chi connectivity index (χ0) is 18.8. The number of hydrogen-bond donors (Lipinski definition) is 1. The van der Waals surface area contributed by atoms with Gasteiger partial charge in [-0.3, -0.25) is 15.0 Å². The van der Waals surface area contributed by atoms with Gasteiger partial charge < -0.3 is 4.57 Å². The molecule has 0 bridgehead atoms. The molecular formula is C22H24N4O. The van der Waals surface area contributed by atoms with Gasteiger partial charge in [0, 0.05) is 37.6 Å². The number of fused-ring (bicyclic) bond motifs is 1. The lowest BCUT2D eigenvalue weighted by molar-refractivity contribution is 0.102. The van der Waals surface area contributed by atoms with Gasteiger partial charge in [-0.05, 0) is 48.7 Å². The van der Waals surface area contributed by atoms with Gasteiger partial charge in [0.05, 0.1) is 0 Å². The van der Waals surface area contributed by atoms with Gasteiger partial charge >= 0.3 is 0 Å². The smallest absolute Gasteiger partial charge is 0.257 e. The maximum absolute atomic E-state index is 12.5. The van der Waals surface area contributed by atoms with Crippen LogP contribution >= 0.6 is 0 Å². The third-order valence-corrected chi connectivity index (χ3v) is 5.32. The number of nitrogens with one attached hydrogen (secondary N) is 1. The Morgan fingerprint density at radius 3 is 2.59 bits per heavy atom. The summed E-state index contributed by atoms with van der Waals surface area (Å²) in [5.74, 6) is 0.410. The van der Waals surface area contributed by atoms with E-state index in [2.05, 4.69) is 52.6 Å². The highest BCUT2D eigenvalue weighted by atomic mass is 16.1. The number of benzene rings is 2. The molecule has 1 aromatic heterocycles. The Morgan fingerprint density at radius 2 is 1.93 bits per heavy atom. The van der Waals surface area contributed by atoms with Crippen LogP contribution in [0.25, 0.3) is 0 Å². The van der Waals surface area contributed by atoms with Gasteiger partial charge in [-0.15, -0.1) is 0 Å². The van der Waals surface area contributed by atoms with Crippen LogP contribution in [-0.4, -0.2) is 33.4 Å². The predicted molar refractivity (Wildman–Crippen MR) is 107 cm³/mol. The second kappa shape index (κ2) is 7.37. The van der Waals surface area contributed by atoms with Crippen LogP contribution in [0.5, 0.6) is 0 Å². The first-order valence-corrected chi connectivity index (χ1v) is 9.25. The largest absolute Gasteiger partial charge is 0.320 e. The maximum Gasteiger partial charge on any atom is 0.257 e. The molecular weight excluding hydrogens is 336 g/mol. The number of amides is 1. The highest BCUT2D eigenvalue weighted by Crippen LogP contribution is 2.25. The summed E-state index contributed by atoms with van der Waals surface area (Å²) >= 11 is 0. The van der Waals surface area contributed by atoms with E-state index < -0.39 is 0 Å². The maximum atomic E-state index is 12.5. The van der Waals surface area contributed by atoms with Crippen molar-refractivity contribution in [1.82, 2.24) is 14.5 Å². The van der Waals surface area contributed by atoms with Crippen molar-refractivity contribution >= 4 is 11.9 Å². The summed E-state index contributed by atoms with van der Waals surface area (Å²) in [6.45, 7) is 0.822. The van der Waals surface area contributed by atoms with Crippen molar-refractivity contribution in [1.29, 1.82) is 0 Å². The molecule has 3 aromatic rings. The van der Waals surface area contributed by atoms with Crippen molar-refractivity contribution in [3.63, 3.8) is 0 Å². The molecule has 1 aliphatic carbocycles. The Bertz CT molecular complexity index is 937. The first kappa shape index (κ1) is 17.5. The average Bonchev–Trinajstić information content (AvgIpc) is 3.28. The van der Waals surface area contributed by atoms with Crippen molar-refractivity contribution in [3.8, 4) is 0 Å². The van der Waals surface area contributed by atoms with Gasteiger partial charge in [0.15, 0.2) is 0 Å². The molecule has 5 nitrogen and oxygen atoms in total. The van der Waals surface area contributed by atoms with Crippen LogP contribution in [-0.2, 0) is 26.4 Å². The lowest BCUT2D eigenvalue weighted by atomic mass is 10.1. The number of aryl methyl sites for hydroxylation is 1. The van der Waals surface area contributed by atoms with E-state index in [4.69, 9.17) is 0 Å². The van der Waals surface area contributed by atoms with E-state index >= 15 is 0 Å². The second-order valence-corrected chi connectivity index (χ2v) is 7.26. The van der Waals surface area contributed by atoms with E-state index in [0.717, 1.165) is 24.9 Å². The zero-order valence-corrected chi connectivity index (χ0v) is 15.7. The first-order valence-electron chi connectivity index (χ1n) is 9.25. The van der Waals surface area contributed by atoms with Crippen LogP contribution in [0.2, 0.25) is 0 Å². The predicted octanol–water partition coefficient (Wildman–Crippen LogP) is 3.27. The van der Waals surface area contributed by atoms with E-state index in [1.165, 1.54) is 11.1 Å². The number of carbonyl (C=O) groups excluding carboxylic acids is 1. The van der Waals surface area contributed by atoms with Gasteiger partial charge in [0.25, 0.3) is 5.91 Å². The van der Waals surface area contributed by atoms with Gasteiger partial charge in [-0.25, -0.2) is 4.98 Å². The van der Waals surface area contributed by atoms with Crippen molar-refractivity contribution < 1.29 is 4.79 Å². The molecule has 0 saturated carbocycles. The van der Waals surface area contributed by atoms with Crippen molar-refractivity contribution in [2.45, 2.75) is 25.4 Å². The SMILES string of the molecule is CN(Cc1cccc(C(=O)Nc2nccn2C)c1)C1Cc2ccccc2C1. The lowest BCUT2D eigenvalue weighted by Crippen LogP contribution is -2.31. The fraction of sp³-hybridized carbons (Fsp3) is 0.273. The Hall–Kier alpha value is -2.92. The molecule has 5 heteroatoms. The Kier molecular flexibility index (Phi) is 4.77. The monoisotopic (exact) mass is 360 g/mol. The van der Waals surface area contributed by atoms with Crippen LogP contribution in [0.3, 0.4) is 0 Å². The topological polar surface area (TPSA) is 50.2 Å². The number of hydrogen-bond acceptors (Lipinski definition) is 3. The molecule has 0 atom stereocenters. The summed E-state index contributed by atoms with van der Waals surface area (Å²) < 4.78 is 1.79. The summed E-state index contributed by atoms with van der Waals surface area (Å²) in [5, 5.41) is 2.85. The van der Waals surface area contributed by atoms with E-state index in [-0.39, 0.29) is 5.91 Å². The van der Waals surface area contributed by atoms with Gasteiger partial charge in [0.2, 0.25) is 5.95 Å². The molecule has 0 aliphatic heterocycles. The minimum absolute atomic E-state index is 0.137. The van der Waals surface area contributed by atoms with E-state index in [1.807, 2.05) is 25.2 Å². The molecule has 138 valence electrons. The lowest BCUT2D eigenvalue weighted by Gasteiger charge is -2.24. The molecule has 0 unspecified atom stereocenters. The van der Waals surface area contributed by atoms with Crippen LogP contribution < -0.4 is 5.32 Å². The fourth-order valence-corrected chi connectivity index (χ4v) is 3.74.